The zero-order valence-electron chi connectivity index (χ0n) is 11.0. The Morgan fingerprint density at radius 1 is 1.11 bits per heavy atom. The molecule has 19 heavy (non-hydrogen) atoms. The molecule has 0 fully saturated rings. The summed E-state index contributed by atoms with van der Waals surface area (Å²) in [5.41, 5.74) is 4.57. The molecule has 0 saturated carbocycles. The predicted octanol–water partition coefficient (Wildman–Crippen LogP) is 4.35. The number of aryl methyl sites for hydroxylation is 2. The van der Waals surface area contributed by atoms with Gasteiger partial charge in [0.15, 0.2) is 0 Å². The fourth-order valence-electron chi connectivity index (χ4n) is 2.36. The smallest absolute Gasteiger partial charge is 0.0689 e. The van der Waals surface area contributed by atoms with Crippen molar-refractivity contribution in [2.24, 2.45) is 0 Å². The topological polar surface area (TPSA) is 17.8 Å². The van der Waals surface area contributed by atoms with Crippen molar-refractivity contribution in [3.8, 4) is 0 Å². The van der Waals surface area contributed by atoms with Crippen LogP contribution in [-0.2, 0) is 6.54 Å². The first-order chi connectivity index (χ1) is 9.15. The van der Waals surface area contributed by atoms with Crippen LogP contribution in [0.25, 0.3) is 10.9 Å². The number of rotatable bonds is 2. The maximum Gasteiger partial charge on any atom is 0.0689 e. The van der Waals surface area contributed by atoms with Crippen LogP contribution in [0.1, 0.15) is 16.8 Å². The Hall–Kier alpha value is -1.80. The Kier molecular flexibility index (Phi) is 3.03. The first kappa shape index (κ1) is 12.2. The highest BCUT2D eigenvalue weighted by molar-refractivity contribution is 6.31. The van der Waals surface area contributed by atoms with E-state index in [0.717, 1.165) is 21.8 Å². The maximum atomic E-state index is 6.22. The quantitative estimate of drug-likeness (QED) is 0.677. The van der Waals surface area contributed by atoms with Gasteiger partial charge >= 0.3 is 0 Å². The molecule has 0 aliphatic rings. The molecule has 2 aromatic carbocycles. The van der Waals surface area contributed by atoms with Crippen LogP contribution in [0.5, 0.6) is 0 Å². The average molecular weight is 271 g/mol. The Bertz CT molecular complexity index is 744. The minimum absolute atomic E-state index is 0.701. The Morgan fingerprint density at radius 3 is 2.68 bits per heavy atom. The second kappa shape index (κ2) is 4.71. The minimum atomic E-state index is 0.701. The number of aromatic nitrogens is 2. The molecule has 0 amide bonds. The Morgan fingerprint density at radius 2 is 1.89 bits per heavy atom. The molecule has 3 rings (SSSR count). The van der Waals surface area contributed by atoms with Crippen LogP contribution in [-0.4, -0.2) is 9.78 Å². The van der Waals surface area contributed by atoms with Crippen molar-refractivity contribution in [1.29, 1.82) is 0 Å². The monoisotopic (exact) mass is 270 g/mol. The van der Waals surface area contributed by atoms with Gasteiger partial charge in [-0.25, -0.2) is 0 Å². The van der Waals surface area contributed by atoms with Gasteiger partial charge < -0.3 is 0 Å². The number of nitrogens with zero attached hydrogens (tertiary/aromatic N) is 2. The molecule has 1 heterocycles. The molecule has 0 aliphatic heterocycles. The van der Waals surface area contributed by atoms with E-state index in [0.29, 0.717) is 6.54 Å². The summed E-state index contributed by atoms with van der Waals surface area (Å²) in [6.45, 7) is 4.85. The zero-order valence-corrected chi connectivity index (χ0v) is 11.8. The summed E-state index contributed by atoms with van der Waals surface area (Å²) in [5, 5.41) is 6.63. The molecule has 0 spiro atoms. The van der Waals surface area contributed by atoms with Gasteiger partial charge in [0.05, 0.1) is 17.8 Å². The van der Waals surface area contributed by atoms with E-state index in [1.807, 2.05) is 35.9 Å². The second-order valence-electron chi connectivity index (χ2n) is 4.86. The third kappa shape index (κ3) is 2.24. The number of hydrogen-bond acceptors (Lipinski definition) is 1. The van der Waals surface area contributed by atoms with Crippen molar-refractivity contribution in [2.75, 3.05) is 0 Å². The summed E-state index contributed by atoms with van der Waals surface area (Å²) in [5.74, 6) is 0. The van der Waals surface area contributed by atoms with E-state index in [9.17, 15) is 0 Å². The SMILES string of the molecule is Cc1ccc2c(c1)c(C)nn2Cc1ccccc1Cl. The highest BCUT2D eigenvalue weighted by Gasteiger charge is 2.09. The van der Waals surface area contributed by atoms with Crippen LogP contribution < -0.4 is 0 Å². The van der Waals surface area contributed by atoms with Gasteiger partial charge in [-0.15, -0.1) is 0 Å². The normalized spacial score (nSPS) is 11.1. The Labute approximate surface area is 117 Å². The van der Waals surface area contributed by atoms with Gasteiger partial charge in [-0.1, -0.05) is 41.4 Å². The van der Waals surface area contributed by atoms with Gasteiger partial charge in [-0.2, -0.15) is 5.10 Å². The van der Waals surface area contributed by atoms with E-state index < -0.39 is 0 Å². The molecule has 0 bridgehead atoms. The van der Waals surface area contributed by atoms with E-state index in [-0.39, 0.29) is 0 Å². The molecular formula is C16H15ClN2. The lowest BCUT2D eigenvalue weighted by Gasteiger charge is -2.06. The second-order valence-corrected chi connectivity index (χ2v) is 5.26. The highest BCUT2D eigenvalue weighted by atomic mass is 35.5. The first-order valence-electron chi connectivity index (χ1n) is 6.32. The molecule has 96 valence electrons. The van der Waals surface area contributed by atoms with Crippen molar-refractivity contribution < 1.29 is 0 Å². The molecule has 0 N–H and O–H groups in total. The third-order valence-corrected chi connectivity index (χ3v) is 3.74. The van der Waals surface area contributed by atoms with Crippen molar-refractivity contribution in [1.82, 2.24) is 9.78 Å². The fourth-order valence-corrected chi connectivity index (χ4v) is 2.56. The molecule has 3 aromatic rings. The summed E-state index contributed by atoms with van der Waals surface area (Å²) in [7, 11) is 0. The number of benzene rings is 2. The highest BCUT2D eigenvalue weighted by Crippen LogP contribution is 2.22. The average Bonchev–Trinajstić information content (AvgIpc) is 2.69. The van der Waals surface area contributed by atoms with Gasteiger partial charge in [0.2, 0.25) is 0 Å². The van der Waals surface area contributed by atoms with Crippen molar-refractivity contribution in [2.45, 2.75) is 20.4 Å². The Balaban J connectivity index is 2.09. The van der Waals surface area contributed by atoms with Gasteiger partial charge in [0.1, 0.15) is 0 Å². The van der Waals surface area contributed by atoms with E-state index in [1.165, 1.54) is 10.9 Å². The van der Waals surface area contributed by atoms with Gasteiger partial charge in [-0.3, -0.25) is 4.68 Å². The molecule has 0 unspecified atom stereocenters. The number of fused-ring (bicyclic) bond motifs is 1. The van der Waals surface area contributed by atoms with Crippen LogP contribution in [0.2, 0.25) is 5.02 Å². The molecule has 0 aliphatic carbocycles. The summed E-state index contributed by atoms with van der Waals surface area (Å²) >= 11 is 6.22. The van der Waals surface area contributed by atoms with Crippen molar-refractivity contribution in [3.63, 3.8) is 0 Å². The predicted molar refractivity (Wildman–Crippen MR) is 79.8 cm³/mol. The van der Waals surface area contributed by atoms with Gasteiger partial charge in [0, 0.05) is 10.4 Å². The van der Waals surface area contributed by atoms with E-state index in [1.54, 1.807) is 0 Å². The maximum absolute atomic E-state index is 6.22. The van der Waals surface area contributed by atoms with E-state index in [4.69, 9.17) is 11.6 Å². The third-order valence-electron chi connectivity index (χ3n) is 3.37. The molecule has 2 nitrogen and oxygen atoms in total. The van der Waals surface area contributed by atoms with Crippen LogP contribution in [0.15, 0.2) is 42.5 Å². The van der Waals surface area contributed by atoms with Gasteiger partial charge in [0.25, 0.3) is 0 Å². The number of hydrogen-bond donors (Lipinski definition) is 0. The van der Waals surface area contributed by atoms with E-state index >= 15 is 0 Å². The summed E-state index contributed by atoms with van der Waals surface area (Å²) in [6.07, 6.45) is 0. The van der Waals surface area contributed by atoms with Gasteiger partial charge in [-0.05, 0) is 37.6 Å². The largest absolute Gasteiger partial charge is 0.260 e. The molecule has 0 saturated heterocycles. The zero-order chi connectivity index (χ0) is 13.4. The molecular weight excluding hydrogens is 256 g/mol. The van der Waals surface area contributed by atoms with Crippen LogP contribution >= 0.6 is 11.6 Å². The summed E-state index contributed by atoms with van der Waals surface area (Å²) in [4.78, 5) is 0. The lowest BCUT2D eigenvalue weighted by molar-refractivity contribution is 0.703. The molecule has 0 radical (unpaired) electrons. The van der Waals surface area contributed by atoms with Crippen LogP contribution in [0.4, 0.5) is 0 Å². The van der Waals surface area contributed by atoms with Crippen molar-refractivity contribution in [3.05, 3.63) is 64.3 Å². The lowest BCUT2D eigenvalue weighted by Crippen LogP contribution is -2.02. The fraction of sp³-hybridized carbons (Fsp3) is 0.188. The lowest BCUT2D eigenvalue weighted by atomic mass is 10.1. The van der Waals surface area contributed by atoms with Crippen LogP contribution in [0.3, 0.4) is 0 Å². The first-order valence-corrected chi connectivity index (χ1v) is 6.70. The number of halogens is 1. The summed E-state index contributed by atoms with van der Waals surface area (Å²) in [6, 6.07) is 14.3. The summed E-state index contributed by atoms with van der Waals surface area (Å²) < 4.78 is 2.02. The van der Waals surface area contributed by atoms with Crippen LogP contribution in [0, 0.1) is 13.8 Å². The standard InChI is InChI=1S/C16H15ClN2/c1-11-7-8-16-14(9-11)12(2)18-19(16)10-13-5-3-4-6-15(13)17/h3-9H,10H2,1-2H3. The molecule has 3 heteroatoms. The van der Waals surface area contributed by atoms with E-state index in [2.05, 4.69) is 30.2 Å². The molecule has 1 aromatic heterocycles. The van der Waals surface area contributed by atoms with Crippen molar-refractivity contribution >= 4 is 22.5 Å². The minimum Gasteiger partial charge on any atom is -0.260 e. The molecule has 0 atom stereocenters.